The molecule has 120 valence electrons. The first-order chi connectivity index (χ1) is 11.6. The van der Waals surface area contributed by atoms with E-state index in [1.54, 1.807) is 0 Å². The van der Waals surface area contributed by atoms with Gasteiger partial charge in [-0.05, 0) is 0 Å². The third-order valence-corrected chi connectivity index (χ3v) is 4.45. The second-order valence-electron chi connectivity index (χ2n) is 6.10. The fourth-order valence-electron chi connectivity index (χ4n) is 3.48. The molecular weight excluding hydrogens is 414 g/mol. The predicted molar refractivity (Wildman–Crippen MR) is 103 cm³/mol. The Bertz CT molecular complexity index is 962. The molecule has 3 heteroatoms. The maximum absolute atomic E-state index is 4.93. The second kappa shape index (κ2) is 8.00. The van der Waals surface area contributed by atoms with Gasteiger partial charge < -0.3 is 0 Å². The molecule has 0 nitrogen and oxygen atoms in total. The Morgan fingerprint density at radius 1 is 1.04 bits per heavy atom. The summed E-state index contributed by atoms with van der Waals surface area (Å²) in [5, 5.41) is 5.55. The van der Waals surface area contributed by atoms with Gasteiger partial charge in [-0.15, -0.1) is 80.7 Å². The van der Waals surface area contributed by atoms with Gasteiger partial charge in [0.05, 0.1) is 0 Å². The summed E-state index contributed by atoms with van der Waals surface area (Å²) in [4.78, 5) is 0. The summed E-state index contributed by atoms with van der Waals surface area (Å²) in [6.07, 6.45) is 1.01. The van der Waals surface area contributed by atoms with Crippen LogP contribution < -0.4 is 0 Å². The van der Waals surface area contributed by atoms with E-state index < -0.39 is 20.8 Å². The molecule has 0 heterocycles. The Balaban J connectivity index is 0.000000526. The SMILES string of the molecule is Cc1cc2cccc(C[c-]3cc(C)c4ccccc43)c2[cH-]1.[Cl][Zr+2][Cl]. The van der Waals surface area contributed by atoms with E-state index in [2.05, 4.69) is 74.5 Å². The average Bonchev–Trinajstić information content (AvgIpc) is 3.09. The maximum atomic E-state index is 4.93. The van der Waals surface area contributed by atoms with Crippen molar-refractivity contribution in [3.8, 4) is 0 Å². The van der Waals surface area contributed by atoms with E-state index >= 15 is 0 Å². The van der Waals surface area contributed by atoms with Gasteiger partial charge in [-0.1, -0.05) is 32.4 Å². The Morgan fingerprint density at radius 3 is 2.58 bits per heavy atom. The molecule has 0 bridgehead atoms. The van der Waals surface area contributed by atoms with Crippen molar-refractivity contribution < 1.29 is 20.8 Å². The summed E-state index contributed by atoms with van der Waals surface area (Å²) >= 11 is -0.826. The zero-order valence-electron chi connectivity index (χ0n) is 13.7. The summed E-state index contributed by atoms with van der Waals surface area (Å²) in [7, 11) is 9.87. The molecule has 24 heavy (non-hydrogen) atoms. The van der Waals surface area contributed by atoms with E-state index in [0.29, 0.717) is 0 Å². The van der Waals surface area contributed by atoms with Crippen LogP contribution in [-0.4, -0.2) is 0 Å². The molecule has 0 aromatic heterocycles. The number of hydrogen-bond donors (Lipinski definition) is 0. The van der Waals surface area contributed by atoms with Crippen LogP contribution in [-0.2, 0) is 27.3 Å². The molecule has 0 spiro atoms. The first-order valence-corrected chi connectivity index (χ1v) is 14.2. The summed E-state index contributed by atoms with van der Waals surface area (Å²) < 4.78 is 0. The van der Waals surface area contributed by atoms with Gasteiger partial charge in [0, 0.05) is 0 Å². The van der Waals surface area contributed by atoms with Crippen molar-refractivity contribution in [2.24, 2.45) is 0 Å². The zero-order valence-corrected chi connectivity index (χ0v) is 17.7. The molecule has 0 saturated heterocycles. The van der Waals surface area contributed by atoms with Gasteiger partial charge in [0.15, 0.2) is 0 Å². The Hall–Kier alpha value is -0.877. The first-order valence-electron chi connectivity index (χ1n) is 7.89. The number of fused-ring (bicyclic) bond motifs is 2. The number of rotatable bonds is 2. The van der Waals surface area contributed by atoms with Crippen molar-refractivity contribution in [3.63, 3.8) is 0 Å². The van der Waals surface area contributed by atoms with Crippen molar-refractivity contribution in [2.45, 2.75) is 20.3 Å². The molecule has 0 fully saturated rings. The van der Waals surface area contributed by atoms with Crippen LogP contribution in [0.3, 0.4) is 0 Å². The van der Waals surface area contributed by atoms with E-state index in [0.717, 1.165) is 6.42 Å². The number of aryl methyl sites for hydroxylation is 2. The van der Waals surface area contributed by atoms with Crippen molar-refractivity contribution in [1.82, 2.24) is 0 Å². The van der Waals surface area contributed by atoms with Crippen LogP contribution >= 0.6 is 17.0 Å². The quantitative estimate of drug-likeness (QED) is 0.299. The number of benzene rings is 2. The third kappa shape index (κ3) is 3.69. The van der Waals surface area contributed by atoms with Crippen LogP contribution in [0.5, 0.6) is 0 Å². The molecule has 0 atom stereocenters. The van der Waals surface area contributed by atoms with E-state index in [9.17, 15) is 0 Å². The van der Waals surface area contributed by atoms with Gasteiger partial charge in [0.25, 0.3) is 0 Å². The second-order valence-corrected chi connectivity index (χ2v) is 9.83. The molecule has 0 aliphatic carbocycles. The van der Waals surface area contributed by atoms with Crippen molar-refractivity contribution in [3.05, 3.63) is 82.9 Å². The van der Waals surface area contributed by atoms with E-state index in [4.69, 9.17) is 17.0 Å². The summed E-state index contributed by atoms with van der Waals surface area (Å²) in [5.41, 5.74) is 5.60. The summed E-state index contributed by atoms with van der Waals surface area (Å²) in [6.45, 7) is 4.38. The van der Waals surface area contributed by atoms with Crippen LogP contribution in [0.1, 0.15) is 22.3 Å². The fourth-order valence-corrected chi connectivity index (χ4v) is 3.48. The van der Waals surface area contributed by atoms with Gasteiger partial charge in [0.2, 0.25) is 0 Å². The molecular formula is C21H18Cl2Zr. The molecule has 0 amide bonds. The van der Waals surface area contributed by atoms with E-state index in [1.165, 1.54) is 43.8 Å². The minimum absolute atomic E-state index is 0.826. The minimum atomic E-state index is -0.826. The van der Waals surface area contributed by atoms with E-state index in [1.807, 2.05) is 0 Å². The van der Waals surface area contributed by atoms with Crippen LogP contribution in [0.15, 0.2) is 60.7 Å². The molecule has 0 saturated carbocycles. The topological polar surface area (TPSA) is 0 Å². The first kappa shape index (κ1) is 17.9. The number of halogens is 2. The molecule has 4 aromatic carbocycles. The van der Waals surface area contributed by atoms with Crippen molar-refractivity contribution >= 4 is 38.6 Å². The van der Waals surface area contributed by atoms with Crippen LogP contribution in [0.4, 0.5) is 0 Å². The van der Waals surface area contributed by atoms with E-state index in [-0.39, 0.29) is 0 Å². The molecule has 0 aliphatic heterocycles. The Kier molecular flexibility index (Phi) is 5.98. The summed E-state index contributed by atoms with van der Waals surface area (Å²) in [5.74, 6) is 0. The predicted octanol–water partition coefficient (Wildman–Crippen LogP) is 7.01. The third-order valence-electron chi connectivity index (χ3n) is 4.45. The monoisotopic (exact) mass is 430 g/mol. The molecule has 0 radical (unpaired) electrons. The molecule has 0 aliphatic rings. The Labute approximate surface area is 161 Å². The normalized spacial score (nSPS) is 10.5. The van der Waals surface area contributed by atoms with Gasteiger partial charge >= 0.3 is 37.9 Å². The summed E-state index contributed by atoms with van der Waals surface area (Å²) in [6, 6.07) is 22.3. The molecule has 0 N–H and O–H groups in total. The fraction of sp³-hybridized carbons (Fsp3) is 0.143. The molecule has 0 unspecified atom stereocenters. The molecule has 4 rings (SSSR count). The Morgan fingerprint density at radius 2 is 1.79 bits per heavy atom. The van der Waals surface area contributed by atoms with Crippen LogP contribution in [0, 0.1) is 13.8 Å². The van der Waals surface area contributed by atoms with Gasteiger partial charge in [0.1, 0.15) is 0 Å². The average molecular weight is 433 g/mol. The van der Waals surface area contributed by atoms with Gasteiger partial charge in [-0.25, -0.2) is 0 Å². The number of hydrogen-bond acceptors (Lipinski definition) is 0. The van der Waals surface area contributed by atoms with Gasteiger partial charge in [-0.2, -0.15) is 11.6 Å². The van der Waals surface area contributed by atoms with Crippen molar-refractivity contribution in [1.29, 1.82) is 0 Å². The van der Waals surface area contributed by atoms with Crippen molar-refractivity contribution in [2.75, 3.05) is 0 Å². The standard InChI is InChI=1S/C21H18.2ClH.Zr/c1-14-10-16-6-5-7-17(21(16)11-14)13-18-12-15(2)19-8-3-4-9-20(18)19;;;/h3-12H,13H2,1-2H3;2*1H;/q-2;;;+4/p-2. The van der Waals surface area contributed by atoms with Gasteiger partial charge in [-0.3, -0.25) is 0 Å². The zero-order chi connectivity index (χ0) is 17.1. The molecule has 4 aromatic rings. The van der Waals surface area contributed by atoms with Crippen LogP contribution in [0.25, 0.3) is 21.5 Å². The van der Waals surface area contributed by atoms with Crippen LogP contribution in [0.2, 0.25) is 0 Å².